The topological polar surface area (TPSA) is 86.9 Å². The van der Waals surface area contributed by atoms with Gasteiger partial charge in [-0.1, -0.05) is 35.9 Å². The maximum atomic E-state index is 12.6. The van der Waals surface area contributed by atoms with E-state index in [0.717, 1.165) is 11.1 Å². The van der Waals surface area contributed by atoms with Crippen LogP contribution in [0.1, 0.15) is 16.7 Å². The molecule has 1 heterocycles. The molecule has 0 unspecified atom stereocenters. The zero-order valence-corrected chi connectivity index (χ0v) is 14.8. The predicted molar refractivity (Wildman–Crippen MR) is 105 cm³/mol. The monoisotopic (exact) mass is 358 g/mol. The summed E-state index contributed by atoms with van der Waals surface area (Å²) in [7, 11) is 0. The summed E-state index contributed by atoms with van der Waals surface area (Å²) in [6.45, 7) is 2.42. The Kier molecular flexibility index (Phi) is 5.33. The van der Waals surface area contributed by atoms with Gasteiger partial charge < -0.3 is 15.2 Å². The van der Waals surface area contributed by atoms with Gasteiger partial charge in [-0.2, -0.15) is 5.26 Å². The van der Waals surface area contributed by atoms with Crippen LogP contribution in [-0.4, -0.2) is 10.6 Å². The molecule has 1 aromatic heterocycles. The molecule has 0 saturated heterocycles. The molecule has 0 radical (unpaired) electrons. The van der Waals surface area contributed by atoms with Gasteiger partial charge in [0.05, 0.1) is 18.2 Å². The molecule has 0 bridgehead atoms. The molecule has 0 aliphatic carbocycles. The summed E-state index contributed by atoms with van der Waals surface area (Å²) in [6.07, 6.45) is 1.68. The summed E-state index contributed by atoms with van der Waals surface area (Å²) in [5, 5.41) is 14.1. The standard InChI is InChI=1S/C21H18N4O2/c1-15-7-9-16(10-8-15)14-25-11-3-6-19(20(25)26)24-21(27)23-18-5-2-4-17(12-18)13-22/h2-12H,14H2,1H3,(H2,23,24,27). The van der Waals surface area contributed by atoms with Crippen molar-refractivity contribution in [2.75, 3.05) is 10.6 Å². The summed E-state index contributed by atoms with van der Waals surface area (Å²) in [5.74, 6) is 0. The molecule has 6 nitrogen and oxygen atoms in total. The number of carbonyl (C=O) groups excluding carboxylic acids is 1. The van der Waals surface area contributed by atoms with Crippen LogP contribution < -0.4 is 16.2 Å². The van der Waals surface area contributed by atoms with Crippen molar-refractivity contribution in [2.24, 2.45) is 0 Å². The number of hydrogen-bond donors (Lipinski definition) is 2. The predicted octanol–water partition coefficient (Wildman–Crippen LogP) is 3.72. The molecule has 3 aromatic rings. The number of carbonyl (C=O) groups is 1. The highest BCUT2D eigenvalue weighted by atomic mass is 16.2. The van der Waals surface area contributed by atoms with Crippen LogP contribution in [0.5, 0.6) is 0 Å². The van der Waals surface area contributed by atoms with Crippen molar-refractivity contribution in [1.82, 2.24) is 4.57 Å². The Morgan fingerprint density at radius 2 is 1.85 bits per heavy atom. The van der Waals surface area contributed by atoms with E-state index in [4.69, 9.17) is 5.26 Å². The molecule has 0 fully saturated rings. The lowest BCUT2D eigenvalue weighted by molar-refractivity contribution is 0.262. The minimum absolute atomic E-state index is 0.179. The van der Waals surface area contributed by atoms with Crippen LogP contribution in [0.3, 0.4) is 0 Å². The minimum atomic E-state index is -0.546. The molecule has 0 aliphatic rings. The van der Waals surface area contributed by atoms with Crippen LogP contribution in [0.2, 0.25) is 0 Å². The van der Waals surface area contributed by atoms with E-state index in [-0.39, 0.29) is 11.2 Å². The van der Waals surface area contributed by atoms with Crippen LogP contribution in [0.25, 0.3) is 0 Å². The van der Waals surface area contributed by atoms with Crippen LogP contribution in [0.15, 0.2) is 71.7 Å². The summed E-state index contributed by atoms with van der Waals surface area (Å²) in [6, 6.07) is 19.2. The van der Waals surface area contributed by atoms with Gasteiger partial charge in [0, 0.05) is 11.9 Å². The molecule has 0 atom stereocenters. The number of anilines is 2. The number of benzene rings is 2. The maximum Gasteiger partial charge on any atom is 0.323 e. The van der Waals surface area contributed by atoms with Gasteiger partial charge in [-0.15, -0.1) is 0 Å². The number of amides is 2. The normalized spacial score (nSPS) is 10.1. The van der Waals surface area contributed by atoms with Gasteiger partial charge in [0.2, 0.25) is 0 Å². The highest BCUT2D eigenvalue weighted by Gasteiger charge is 2.08. The average molecular weight is 358 g/mol. The van der Waals surface area contributed by atoms with Crippen LogP contribution in [0.4, 0.5) is 16.2 Å². The third kappa shape index (κ3) is 4.61. The first-order valence-electron chi connectivity index (χ1n) is 8.38. The molecule has 2 N–H and O–H groups in total. The first-order valence-corrected chi connectivity index (χ1v) is 8.38. The second-order valence-electron chi connectivity index (χ2n) is 6.11. The van der Waals surface area contributed by atoms with E-state index >= 15 is 0 Å². The quantitative estimate of drug-likeness (QED) is 0.745. The van der Waals surface area contributed by atoms with Crippen molar-refractivity contribution in [3.05, 3.63) is 93.9 Å². The molecular weight excluding hydrogens is 340 g/mol. The Morgan fingerprint density at radius 3 is 2.59 bits per heavy atom. The fourth-order valence-electron chi connectivity index (χ4n) is 2.60. The fourth-order valence-corrected chi connectivity index (χ4v) is 2.60. The molecule has 3 rings (SSSR count). The van der Waals surface area contributed by atoms with E-state index in [1.54, 1.807) is 42.6 Å². The van der Waals surface area contributed by atoms with Gasteiger partial charge in [-0.25, -0.2) is 4.79 Å². The Hall–Kier alpha value is -3.85. The Bertz CT molecular complexity index is 1060. The van der Waals surface area contributed by atoms with Crippen LogP contribution in [-0.2, 0) is 6.54 Å². The Labute approximate surface area is 156 Å². The smallest absolute Gasteiger partial charge is 0.309 e. The number of hydrogen-bond acceptors (Lipinski definition) is 3. The van der Waals surface area contributed by atoms with E-state index < -0.39 is 6.03 Å². The van der Waals surface area contributed by atoms with Crippen molar-refractivity contribution in [1.29, 1.82) is 5.26 Å². The lowest BCUT2D eigenvalue weighted by Crippen LogP contribution is -2.28. The zero-order valence-electron chi connectivity index (χ0n) is 14.8. The number of aryl methyl sites for hydroxylation is 1. The van der Waals surface area contributed by atoms with Crippen molar-refractivity contribution < 1.29 is 4.79 Å². The molecular formula is C21H18N4O2. The molecule has 27 heavy (non-hydrogen) atoms. The SMILES string of the molecule is Cc1ccc(Cn2cccc(NC(=O)Nc3cccc(C#N)c3)c2=O)cc1. The number of pyridine rings is 1. The molecule has 6 heteroatoms. The Balaban J connectivity index is 1.73. The summed E-state index contributed by atoms with van der Waals surface area (Å²) in [5.41, 5.74) is 2.95. The number of nitrogens with zero attached hydrogens (tertiary/aromatic N) is 2. The largest absolute Gasteiger partial charge is 0.323 e. The van der Waals surface area contributed by atoms with Gasteiger partial charge in [-0.3, -0.25) is 4.79 Å². The average Bonchev–Trinajstić information content (AvgIpc) is 2.67. The van der Waals surface area contributed by atoms with Gasteiger partial charge in [0.25, 0.3) is 5.56 Å². The molecule has 0 saturated carbocycles. The van der Waals surface area contributed by atoms with Crippen molar-refractivity contribution >= 4 is 17.4 Å². The number of aromatic nitrogens is 1. The first kappa shape index (κ1) is 18.0. The summed E-state index contributed by atoms with van der Waals surface area (Å²) >= 11 is 0. The number of urea groups is 1. The minimum Gasteiger partial charge on any atom is -0.309 e. The van der Waals surface area contributed by atoms with E-state index in [0.29, 0.717) is 17.8 Å². The van der Waals surface area contributed by atoms with Crippen molar-refractivity contribution in [3.8, 4) is 6.07 Å². The fraction of sp³-hybridized carbons (Fsp3) is 0.0952. The van der Waals surface area contributed by atoms with Gasteiger partial charge in [0.1, 0.15) is 5.69 Å². The van der Waals surface area contributed by atoms with Crippen molar-refractivity contribution in [3.63, 3.8) is 0 Å². The number of nitrogens with one attached hydrogen (secondary N) is 2. The Morgan fingerprint density at radius 1 is 1.07 bits per heavy atom. The van der Waals surface area contributed by atoms with Crippen LogP contribution >= 0.6 is 0 Å². The van der Waals surface area contributed by atoms with E-state index in [9.17, 15) is 9.59 Å². The van der Waals surface area contributed by atoms with Crippen LogP contribution in [0, 0.1) is 18.3 Å². The van der Waals surface area contributed by atoms with E-state index in [1.165, 1.54) is 4.57 Å². The summed E-state index contributed by atoms with van der Waals surface area (Å²) in [4.78, 5) is 24.8. The number of nitriles is 1. The molecule has 134 valence electrons. The second-order valence-corrected chi connectivity index (χ2v) is 6.11. The lowest BCUT2D eigenvalue weighted by Gasteiger charge is -2.10. The molecule has 0 spiro atoms. The second kappa shape index (κ2) is 8.02. The molecule has 2 amide bonds. The third-order valence-corrected chi connectivity index (χ3v) is 3.99. The highest BCUT2D eigenvalue weighted by Crippen LogP contribution is 2.11. The van der Waals surface area contributed by atoms with Gasteiger partial charge >= 0.3 is 6.03 Å². The zero-order chi connectivity index (χ0) is 19.2. The third-order valence-electron chi connectivity index (χ3n) is 3.99. The summed E-state index contributed by atoms with van der Waals surface area (Å²) < 4.78 is 1.54. The van der Waals surface area contributed by atoms with E-state index in [1.807, 2.05) is 37.3 Å². The maximum absolute atomic E-state index is 12.6. The molecule has 2 aromatic carbocycles. The van der Waals surface area contributed by atoms with Crippen molar-refractivity contribution in [2.45, 2.75) is 13.5 Å². The molecule has 0 aliphatic heterocycles. The van der Waals surface area contributed by atoms with Gasteiger partial charge in [0.15, 0.2) is 0 Å². The van der Waals surface area contributed by atoms with E-state index in [2.05, 4.69) is 10.6 Å². The number of rotatable bonds is 4. The highest BCUT2D eigenvalue weighted by molar-refractivity contribution is 5.99. The lowest BCUT2D eigenvalue weighted by atomic mass is 10.1. The first-order chi connectivity index (χ1) is 13.0. The van der Waals surface area contributed by atoms with Gasteiger partial charge in [-0.05, 0) is 42.8 Å².